The number of rotatable bonds is 6. The molecular formula is C11H16N2O3. The summed E-state index contributed by atoms with van der Waals surface area (Å²) in [4.78, 5) is 10.3. The molecule has 5 heteroatoms. The summed E-state index contributed by atoms with van der Waals surface area (Å²) in [6, 6.07) is 4.54. The second kappa shape index (κ2) is 5.95. The molecule has 0 spiro atoms. The van der Waals surface area contributed by atoms with Crippen molar-refractivity contribution in [2.24, 2.45) is 0 Å². The molecule has 0 saturated carbocycles. The van der Waals surface area contributed by atoms with Gasteiger partial charge in [-0.25, -0.2) is 0 Å². The minimum Gasteiger partial charge on any atom is -0.485 e. The molecule has 16 heavy (non-hydrogen) atoms. The second-order valence-electron chi connectivity index (χ2n) is 3.51. The number of hydrogen-bond acceptors (Lipinski definition) is 4. The Morgan fingerprint density at radius 1 is 1.44 bits per heavy atom. The Bertz CT molecular complexity index is 366. The zero-order chi connectivity index (χ0) is 12.0. The van der Waals surface area contributed by atoms with Gasteiger partial charge in [0, 0.05) is 6.07 Å². The predicted octanol–water partition coefficient (Wildman–Crippen LogP) is 2.75. The fourth-order valence-electron chi connectivity index (χ4n) is 1.37. The third-order valence-electron chi connectivity index (χ3n) is 2.22. The highest BCUT2D eigenvalue weighted by Crippen LogP contribution is 2.32. The number of ether oxygens (including phenoxy) is 1. The average Bonchev–Trinajstić information content (AvgIpc) is 2.25. The highest BCUT2D eigenvalue weighted by Gasteiger charge is 2.17. The van der Waals surface area contributed by atoms with Crippen molar-refractivity contribution in [1.29, 1.82) is 0 Å². The third-order valence-corrected chi connectivity index (χ3v) is 2.22. The van der Waals surface area contributed by atoms with Gasteiger partial charge in [-0.15, -0.1) is 0 Å². The van der Waals surface area contributed by atoms with Crippen LogP contribution in [0.5, 0.6) is 5.75 Å². The van der Waals surface area contributed by atoms with Crippen molar-refractivity contribution in [3.8, 4) is 5.75 Å². The maximum absolute atomic E-state index is 10.7. The summed E-state index contributed by atoms with van der Waals surface area (Å²) in [5.41, 5.74) is 5.88. The number of benzene rings is 1. The summed E-state index contributed by atoms with van der Waals surface area (Å²) in [6.07, 6.45) is 3.00. The Hall–Kier alpha value is -1.78. The number of unbranched alkanes of at least 4 members (excludes halogenated alkanes) is 2. The topological polar surface area (TPSA) is 78.4 Å². The van der Waals surface area contributed by atoms with E-state index in [1.807, 2.05) is 0 Å². The van der Waals surface area contributed by atoms with E-state index < -0.39 is 4.92 Å². The van der Waals surface area contributed by atoms with E-state index in [-0.39, 0.29) is 11.4 Å². The Balaban J connectivity index is 2.73. The molecule has 1 aromatic carbocycles. The molecule has 0 aliphatic heterocycles. The van der Waals surface area contributed by atoms with E-state index in [4.69, 9.17) is 10.5 Å². The summed E-state index contributed by atoms with van der Waals surface area (Å²) in [7, 11) is 0. The smallest absolute Gasteiger partial charge is 0.313 e. The molecule has 0 atom stereocenters. The Labute approximate surface area is 94.4 Å². The molecule has 0 unspecified atom stereocenters. The van der Waals surface area contributed by atoms with Gasteiger partial charge >= 0.3 is 5.69 Å². The summed E-state index contributed by atoms with van der Waals surface area (Å²) in [6.45, 7) is 2.54. The number of nitro benzene ring substituents is 1. The van der Waals surface area contributed by atoms with E-state index in [1.165, 1.54) is 6.07 Å². The lowest BCUT2D eigenvalue weighted by Crippen LogP contribution is -2.03. The van der Waals surface area contributed by atoms with Crippen molar-refractivity contribution in [2.75, 3.05) is 12.3 Å². The average molecular weight is 224 g/mol. The number of para-hydroxylation sites is 1. The van der Waals surface area contributed by atoms with Gasteiger partial charge in [0.1, 0.15) is 0 Å². The molecule has 5 nitrogen and oxygen atoms in total. The highest BCUT2D eigenvalue weighted by atomic mass is 16.6. The quantitative estimate of drug-likeness (QED) is 0.349. The first-order valence-electron chi connectivity index (χ1n) is 5.32. The zero-order valence-electron chi connectivity index (χ0n) is 9.31. The molecule has 2 N–H and O–H groups in total. The van der Waals surface area contributed by atoms with Gasteiger partial charge in [0.25, 0.3) is 0 Å². The van der Waals surface area contributed by atoms with Gasteiger partial charge in [-0.05, 0) is 12.5 Å². The van der Waals surface area contributed by atoms with Crippen LogP contribution in [0.15, 0.2) is 18.2 Å². The highest BCUT2D eigenvalue weighted by molar-refractivity contribution is 5.63. The van der Waals surface area contributed by atoms with Crippen LogP contribution in [0.3, 0.4) is 0 Å². The minimum absolute atomic E-state index is 0.0727. The Morgan fingerprint density at radius 2 is 2.19 bits per heavy atom. The molecule has 0 aliphatic rings. The second-order valence-corrected chi connectivity index (χ2v) is 3.51. The summed E-state index contributed by atoms with van der Waals surface area (Å²) in [5.74, 6) is 0.184. The molecule has 0 saturated heterocycles. The number of nitrogen functional groups attached to an aromatic ring is 1. The molecule has 1 rings (SSSR count). The standard InChI is InChI=1S/C11H16N2O3/c1-2-3-4-8-16-11-9(12)6-5-7-10(11)13(14)15/h5-7H,2-4,8,12H2,1H3. The lowest BCUT2D eigenvalue weighted by molar-refractivity contribution is -0.385. The fraction of sp³-hybridized carbons (Fsp3) is 0.455. The molecule has 0 aliphatic carbocycles. The van der Waals surface area contributed by atoms with Crippen LogP contribution in [0, 0.1) is 10.1 Å². The first-order chi connectivity index (χ1) is 7.66. The third kappa shape index (κ3) is 3.12. The molecular weight excluding hydrogens is 208 g/mol. The van der Waals surface area contributed by atoms with Crippen molar-refractivity contribution in [2.45, 2.75) is 26.2 Å². The van der Waals surface area contributed by atoms with Crippen LogP contribution < -0.4 is 10.5 Å². The predicted molar refractivity (Wildman–Crippen MR) is 62.5 cm³/mol. The lowest BCUT2D eigenvalue weighted by atomic mass is 10.2. The van der Waals surface area contributed by atoms with E-state index in [9.17, 15) is 10.1 Å². The van der Waals surface area contributed by atoms with Crippen molar-refractivity contribution in [3.05, 3.63) is 28.3 Å². The van der Waals surface area contributed by atoms with Crippen molar-refractivity contribution < 1.29 is 9.66 Å². The monoisotopic (exact) mass is 224 g/mol. The van der Waals surface area contributed by atoms with Gasteiger partial charge in [0.15, 0.2) is 0 Å². The normalized spacial score (nSPS) is 10.1. The number of hydrogen-bond donors (Lipinski definition) is 1. The number of anilines is 1. The van der Waals surface area contributed by atoms with Crippen LogP contribution in [-0.2, 0) is 0 Å². The van der Waals surface area contributed by atoms with Crippen LogP contribution in [0.2, 0.25) is 0 Å². The van der Waals surface area contributed by atoms with Gasteiger partial charge < -0.3 is 10.5 Å². The molecule has 0 bridgehead atoms. The van der Waals surface area contributed by atoms with Crippen LogP contribution in [-0.4, -0.2) is 11.5 Å². The van der Waals surface area contributed by atoms with Gasteiger partial charge in [0.05, 0.1) is 17.2 Å². The van der Waals surface area contributed by atoms with Crippen molar-refractivity contribution in [3.63, 3.8) is 0 Å². The maximum Gasteiger partial charge on any atom is 0.313 e. The first-order valence-corrected chi connectivity index (χ1v) is 5.32. The molecule has 0 amide bonds. The van der Waals surface area contributed by atoms with E-state index in [1.54, 1.807) is 12.1 Å². The molecule has 0 aromatic heterocycles. The molecule has 0 fully saturated rings. The van der Waals surface area contributed by atoms with Crippen LogP contribution in [0.4, 0.5) is 11.4 Å². The summed E-state index contributed by atoms with van der Waals surface area (Å²) in [5, 5.41) is 10.7. The van der Waals surface area contributed by atoms with E-state index in [2.05, 4.69) is 6.92 Å². The van der Waals surface area contributed by atoms with Gasteiger partial charge in [0.2, 0.25) is 5.75 Å². The lowest BCUT2D eigenvalue weighted by Gasteiger charge is -2.08. The SMILES string of the molecule is CCCCCOc1c(N)cccc1[N+](=O)[O-]. The summed E-state index contributed by atoms with van der Waals surface area (Å²) < 4.78 is 5.36. The van der Waals surface area contributed by atoms with Crippen LogP contribution in [0.1, 0.15) is 26.2 Å². The van der Waals surface area contributed by atoms with Gasteiger partial charge in [-0.3, -0.25) is 10.1 Å². The molecule has 0 heterocycles. The molecule has 88 valence electrons. The maximum atomic E-state index is 10.7. The van der Waals surface area contributed by atoms with Crippen LogP contribution in [0.25, 0.3) is 0 Å². The van der Waals surface area contributed by atoms with Crippen molar-refractivity contribution >= 4 is 11.4 Å². The summed E-state index contributed by atoms with van der Waals surface area (Å²) >= 11 is 0. The van der Waals surface area contributed by atoms with E-state index in [0.29, 0.717) is 12.3 Å². The molecule has 0 radical (unpaired) electrons. The van der Waals surface area contributed by atoms with E-state index >= 15 is 0 Å². The Morgan fingerprint density at radius 3 is 2.81 bits per heavy atom. The Kier molecular flexibility index (Phi) is 4.57. The number of nitrogens with zero attached hydrogens (tertiary/aromatic N) is 1. The van der Waals surface area contributed by atoms with Crippen LogP contribution >= 0.6 is 0 Å². The van der Waals surface area contributed by atoms with Gasteiger partial charge in [-0.2, -0.15) is 0 Å². The molecule has 1 aromatic rings. The fourth-order valence-corrected chi connectivity index (χ4v) is 1.37. The largest absolute Gasteiger partial charge is 0.485 e. The van der Waals surface area contributed by atoms with E-state index in [0.717, 1.165) is 19.3 Å². The number of nitro groups is 1. The first kappa shape index (κ1) is 12.3. The minimum atomic E-state index is -0.481. The van der Waals surface area contributed by atoms with Gasteiger partial charge in [-0.1, -0.05) is 25.8 Å². The zero-order valence-corrected chi connectivity index (χ0v) is 9.31. The van der Waals surface area contributed by atoms with Crippen molar-refractivity contribution in [1.82, 2.24) is 0 Å². The number of nitrogens with two attached hydrogens (primary N) is 1.